The van der Waals surface area contributed by atoms with Gasteiger partial charge in [0.25, 0.3) is 0 Å². The molecule has 0 fully saturated rings. The largest absolute Gasteiger partial charge is 0.481 e. The first-order valence-corrected chi connectivity index (χ1v) is 14.8. The zero-order valence-corrected chi connectivity index (χ0v) is 24.7. The molecule has 0 saturated carbocycles. The van der Waals surface area contributed by atoms with Crippen LogP contribution in [0.3, 0.4) is 0 Å². The van der Waals surface area contributed by atoms with E-state index in [4.69, 9.17) is 43.0 Å². The number of amides is 1. The minimum atomic E-state index is -0.978. The molecule has 0 aromatic rings. The van der Waals surface area contributed by atoms with Crippen LogP contribution < -0.4 is 5.32 Å². The molecule has 1 amide bonds. The van der Waals surface area contributed by atoms with Crippen LogP contribution in [-0.4, -0.2) is 129 Å². The lowest BCUT2D eigenvalue weighted by atomic mass is 10.2. The zero-order chi connectivity index (χ0) is 29.2. The molecular weight excluding hydrogens is 526 g/mol. The lowest BCUT2D eigenvalue weighted by Crippen LogP contribution is -2.25. The highest BCUT2D eigenvalue weighted by Crippen LogP contribution is 2.02. The van der Waals surface area contributed by atoms with Crippen LogP contribution >= 0.6 is 0 Å². The average Bonchev–Trinajstić information content (AvgIpc) is 2.94. The number of carbonyl (C=O) groups excluding carboxylic acids is 1. The molecule has 0 saturated heterocycles. The van der Waals surface area contributed by atoms with Gasteiger partial charge in [0.2, 0.25) is 5.91 Å². The highest BCUT2D eigenvalue weighted by Gasteiger charge is 2.04. The summed E-state index contributed by atoms with van der Waals surface area (Å²) in [5, 5.41) is 11.2. The van der Waals surface area contributed by atoms with Crippen LogP contribution in [-0.2, 0) is 47.5 Å². The number of unbranched alkanes of at least 4 members (excludes halogenated alkanes) is 4. The van der Waals surface area contributed by atoms with Crippen molar-refractivity contribution in [2.45, 2.75) is 58.3 Å². The Balaban J connectivity index is 3.07. The van der Waals surface area contributed by atoms with Crippen molar-refractivity contribution in [3.8, 4) is 0 Å². The summed E-state index contributed by atoms with van der Waals surface area (Å²) >= 11 is 0. The van der Waals surface area contributed by atoms with Gasteiger partial charge in [-0.2, -0.15) is 0 Å². The first-order valence-electron chi connectivity index (χ1n) is 14.8. The summed E-state index contributed by atoms with van der Waals surface area (Å²) in [6.07, 6.45) is 6.75. The van der Waals surface area contributed by atoms with Crippen molar-refractivity contribution in [3.63, 3.8) is 0 Å². The SMILES string of the molecule is CCCCCCCOCCOCCOCCOCCOCCOCCOCCOCCCNC(=O)CCC(=O)O. The van der Waals surface area contributed by atoms with Crippen molar-refractivity contribution in [2.24, 2.45) is 0 Å². The minimum Gasteiger partial charge on any atom is -0.481 e. The molecule has 0 aliphatic carbocycles. The third-order valence-corrected chi connectivity index (χ3v) is 5.35. The topological polar surface area (TPSA) is 140 Å². The molecule has 0 aromatic carbocycles. The highest BCUT2D eigenvalue weighted by molar-refractivity contribution is 5.80. The maximum absolute atomic E-state index is 11.3. The Morgan fingerprint density at radius 1 is 0.475 bits per heavy atom. The van der Waals surface area contributed by atoms with Gasteiger partial charge in [-0.25, -0.2) is 0 Å². The van der Waals surface area contributed by atoms with E-state index in [-0.39, 0.29) is 18.7 Å². The van der Waals surface area contributed by atoms with E-state index < -0.39 is 5.97 Å². The fraction of sp³-hybridized carbons (Fsp3) is 0.929. The van der Waals surface area contributed by atoms with E-state index in [1.165, 1.54) is 25.7 Å². The number of nitrogens with one attached hydrogen (secondary N) is 1. The van der Waals surface area contributed by atoms with Crippen LogP contribution in [0.1, 0.15) is 58.3 Å². The van der Waals surface area contributed by atoms with Gasteiger partial charge in [-0.05, 0) is 12.8 Å². The van der Waals surface area contributed by atoms with Gasteiger partial charge in [-0.15, -0.1) is 0 Å². The summed E-state index contributed by atoms with van der Waals surface area (Å²) < 4.78 is 43.7. The molecule has 0 spiro atoms. The summed E-state index contributed by atoms with van der Waals surface area (Å²) in [6, 6.07) is 0. The Bertz CT molecular complexity index is 540. The minimum absolute atomic E-state index is 0.00370. The maximum Gasteiger partial charge on any atom is 0.303 e. The molecule has 0 radical (unpaired) electrons. The monoisotopic (exact) mass is 581 g/mol. The van der Waals surface area contributed by atoms with Crippen molar-refractivity contribution in [1.29, 1.82) is 0 Å². The third-order valence-electron chi connectivity index (χ3n) is 5.35. The molecule has 0 heterocycles. The molecule has 0 atom stereocenters. The van der Waals surface area contributed by atoms with E-state index >= 15 is 0 Å². The smallest absolute Gasteiger partial charge is 0.303 e. The van der Waals surface area contributed by atoms with Gasteiger partial charge in [0, 0.05) is 26.2 Å². The van der Waals surface area contributed by atoms with Crippen LogP contribution in [0.15, 0.2) is 0 Å². The lowest BCUT2D eigenvalue weighted by Gasteiger charge is -2.09. The second-order valence-corrected chi connectivity index (χ2v) is 8.91. The molecule has 2 N–H and O–H groups in total. The molecular formula is C28H55NO11. The number of carboxylic acid groups (broad SMARTS) is 1. The van der Waals surface area contributed by atoms with Gasteiger partial charge < -0.3 is 48.3 Å². The zero-order valence-electron chi connectivity index (χ0n) is 24.7. The Labute approximate surface area is 240 Å². The van der Waals surface area contributed by atoms with Crippen LogP contribution in [0.25, 0.3) is 0 Å². The van der Waals surface area contributed by atoms with Gasteiger partial charge in [0.1, 0.15) is 0 Å². The van der Waals surface area contributed by atoms with Gasteiger partial charge in [0.05, 0.1) is 98.9 Å². The highest BCUT2D eigenvalue weighted by atomic mass is 16.6. The fourth-order valence-corrected chi connectivity index (χ4v) is 3.16. The number of carbonyl (C=O) groups is 2. The fourth-order valence-electron chi connectivity index (χ4n) is 3.16. The summed E-state index contributed by atoms with van der Waals surface area (Å²) in [6.45, 7) is 11.3. The number of rotatable bonds is 34. The Kier molecular flexibility index (Phi) is 32.7. The summed E-state index contributed by atoms with van der Waals surface area (Å²) in [5.74, 6) is -1.24. The second-order valence-electron chi connectivity index (χ2n) is 8.91. The predicted octanol–water partition coefficient (Wildman–Crippen LogP) is 2.46. The molecule has 0 unspecified atom stereocenters. The van der Waals surface area contributed by atoms with E-state index in [0.29, 0.717) is 112 Å². The van der Waals surface area contributed by atoms with Gasteiger partial charge in [0.15, 0.2) is 0 Å². The first kappa shape index (κ1) is 38.6. The number of ether oxygens (including phenoxy) is 8. The van der Waals surface area contributed by atoms with Crippen LogP contribution in [0.2, 0.25) is 0 Å². The van der Waals surface area contributed by atoms with Gasteiger partial charge in [-0.3, -0.25) is 9.59 Å². The third kappa shape index (κ3) is 34.6. The quantitative estimate of drug-likeness (QED) is 0.108. The molecule has 0 aliphatic heterocycles. The Hall–Kier alpha value is -1.38. The Morgan fingerprint density at radius 2 is 0.825 bits per heavy atom. The van der Waals surface area contributed by atoms with Gasteiger partial charge in [-0.1, -0.05) is 32.6 Å². The molecule has 0 aliphatic rings. The first-order chi connectivity index (χ1) is 19.7. The van der Waals surface area contributed by atoms with Crippen molar-refractivity contribution < 1.29 is 52.6 Å². The molecule has 0 aromatic heterocycles. The van der Waals surface area contributed by atoms with Crippen molar-refractivity contribution in [2.75, 3.05) is 112 Å². The lowest BCUT2D eigenvalue weighted by molar-refractivity contribution is -0.138. The standard InChI is InChI=1S/C28H55NO11/c1-2-3-4-5-6-11-33-13-15-35-17-19-37-21-23-39-25-26-40-24-22-38-20-18-36-16-14-34-12-7-10-29-27(30)8-9-28(31)32/h2-26H2,1H3,(H,29,30)(H,31,32). The van der Waals surface area contributed by atoms with E-state index in [1.54, 1.807) is 0 Å². The number of carboxylic acids is 1. The van der Waals surface area contributed by atoms with Crippen LogP contribution in [0.5, 0.6) is 0 Å². The molecule has 12 heteroatoms. The van der Waals surface area contributed by atoms with Crippen molar-refractivity contribution >= 4 is 11.9 Å². The molecule has 12 nitrogen and oxygen atoms in total. The van der Waals surface area contributed by atoms with Crippen molar-refractivity contribution in [3.05, 3.63) is 0 Å². The molecule has 40 heavy (non-hydrogen) atoms. The normalized spacial score (nSPS) is 11.2. The van der Waals surface area contributed by atoms with Gasteiger partial charge >= 0.3 is 5.97 Å². The Morgan fingerprint density at radius 3 is 1.20 bits per heavy atom. The van der Waals surface area contributed by atoms with Crippen molar-refractivity contribution in [1.82, 2.24) is 5.32 Å². The summed E-state index contributed by atoms with van der Waals surface area (Å²) in [7, 11) is 0. The molecule has 0 rings (SSSR count). The number of hydrogen-bond acceptors (Lipinski definition) is 10. The van der Waals surface area contributed by atoms with E-state index in [9.17, 15) is 9.59 Å². The maximum atomic E-state index is 11.3. The summed E-state index contributed by atoms with van der Waals surface area (Å²) in [5.41, 5.74) is 0. The van der Waals surface area contributed by atoms with Crippen LogP contribution in [0.4, 0.5) is 0 Å². The second kappa shape index (κ2) is 33.8. The number of hydrogen-bond donors (Lipinski definition) is 2. The van der Waals surface area contributed by atoms with E-state index in [0.717, 1.165) is 13.0 Å². The van der Waals surface area contributed by atoms with Crippen LogP contribution in [0, 0.1) is 0 Å². The number of aliphatic carboxylic acids is 1. The molecule has 238 valence electrons. The van der Waals surface area contributed by atoms with E-state index in [1.807, 2.05) is 0 Å². The van der Waals surface area contributed by atoms with E-state index in [2.05, 4.69) is 12.2 Å². The predicted molar refractivity (Wildman–Crippen MR) is 150 cm³/mol. The average molecular weight is 582 g/mol. The molecule has 0 bridgehead atoms. The summed E-state index contributed by atoms with van der Waals surface area (Å²) in [4.78, 5) is 21.7.